The van der Waals surface area contributed by atoms with Crippen LogP contribution in [0, 0.1) is 0 Å². The highest BCUT2D eigenvalue weighted by Gasteiger charge is 2.15. The summed E-state index contributed by atoms with van der Waals surface area (Å²) in [4.78, 5) is 26.7. The molecule has 0 unspecified atom stereocenters. The number of allylic oxidation sites excluding steroid dienone is 1. The van der Waals surface area contributed by atoms with Crippen molar-refractivity contribution in [3.63, 3.8) is 0 Å². The van der Waals surface area contributed by atoms with Gasteiger partial charge in [-0.1, -0.05) is 24.3 Å². The van der Waals surface area contributed by atoms with Crippen LogP contribution >= 0.6 is 0 Å². The first-order chi connectivity index (χ1) is 13.0. The fraction of sp³-hybridized carbons (Fsp3) is 0.190. The van der Waals surface area contributed by atoms with Crippen molar-refractivity contribution < 1.29 is 19.4 Å². The standard InChI is InChI=1S/C21H20N2O4/c1-14(24)23-11-8-15-2-5-18(6-3-15)27-20-7-4-16(12-19(20)21(25)26)17-9-10-22-13-17/h2-7,9,12-13H,8,10-11H2,1H3,(H,23,24)(H,25,26). The highest BCUT2D eigenvalue weighted by atomic mass is 16.5. The second-order valence-electron chi connectivity index (χ2n) is 6.15. The van der Waals surface area contributed by atoms with Crippen molar-refractivity contribution in [3.8, 4) is 11.5 Å². The maximum absolute atomic E-state index is 11.6. The van der Waals surface area contributed by atoms with E-state index in [-0.39, 0.29) is 17.2 Å². The Labute approximate surface area is 157 Å². The molecule has 6 heteroatoms. The van der Waals surface area contributed by atoms with E-state index in [2.05, 4.69) is 10.3 Å². The molecule has 138 valence electrons. The van der Waals surface area contributed by atoms with Gasteiger partial charge in [0, 0.05) is 19.7 Å². The minimum atomic E-state index is -1.05. The number of amides is 1. The molecule has 0 saturated carbocycles. The van der Waals surface area contributed by atoms with Gasteiger partial charge >= 0.3 is 5.97 Å². The van der Waals surface area contributed by atoms with E-state index in [1.807, 2.05) is 24.3 Å². The van der Waals surface area contributed by atoms with Crippen LogP contribution in [-0.2, 0) is 11.2 Å². The molecule has 0 bridgehead atoms. The molecule has 2 N–H and O–H groups in total. The lowest BCUT2D eigenvalue weighted by atomic mass is 10.0. The zero-order valence-corrected chi connectivity index (χ0v) is 14.9. The number of rotatable bonds is 7. The van der Waals surface area contributed by atoms with Gasteiger partial charge in [0.15, 0.2) is 0 Å². The van der Waals surface area contributed by atoms with Crippen LogP contribution in [-0.4, -0.2) is 36.3 Å². The maximum atomic E-state index is 11.6. The van der Waals surface area contributed by atoms with Crippen LogP contribution in [0.1, 0.15) is 28.4 Å². The predicted octanol–water partition coefficient (Wildman–Crippen LogP) is 3.32. The van der Waals surface area contributed by atoms with Gasteiger partial charge in [-0.15, -0.1) is 0 Å². The SMILES string of the molecule is CC(=O)NCCc1ccc(Oc2ccc(C3=CCN=C3)cc2C(=O)O)cc1. The third-order valence-electron chi connectivity index (χ3n) is 4.13. The topological polar surface area (TPSA) is 88.0 Å². The zero-order chi connectivity index (χ0) is 19.2. The van der Waals surface area contributed by atoms with Gasteiger partial charge < -0.3 is 15.2 Å². The summed E-state index contributed by atoms with van der Waals surface area (Å²) in [6, 6.07) is 12.5. The first-order valence-corrected chi connectivity index (χ1v) is 8.62. The minimum Gasteiger partial charge on any atom is -0.478 e. The minimum absolute atomic E-state index is 0.0563. The largest absolute Gasteiger partial charge is 0.478 e. The number of hydrogen-bond acceptors (Lipinski definition) is 4. The number of aromatic carboxylic acids is 1. The van der Waals surface area contributed by atoms with Crippen molar-refractivity contribution in [2.45, 2.75) is 13.3 Å². The molecular weight excluding hydrogens is 344 g/mol. The van der Waals surface area contributed by atoms with Crippen molar-refractivity contribution in [2.75, 3.05) is 13.1 Å². The number of nitrogens with zero attached hydrogens (tertiary/aromatic N) is 1. The van der Waals surface area contributed by atoms with E-state index < -0.39 is 5.97 Å². The van der Waals surface area contributed by atoms with Gasteiger partial charge in [-0.2, -0.15) is 0 Å². The molecule has 2 aromatic carbocycles. The molecule has 0 fully saturated rings. The fourth-order valence-corrected chi connectivity index (χ4v) is 2.75. The average molecular weight is 364 g/mol. The lowest BCUT2D eigenvalue weighted by Gasteiger charge is -2.11. The molecule has 0 aliphatic carbocycles. The van der Waals surface area contributed by atoms with Gasteiger partial charge in [-0.3, -0.25) is 9.79 Å². The zero-order valence-electron chi connectivity index (χ0n) is 14.9. The molecule has 2 aromatic rings. The fourth-order valence-electron chi connectivity index (χ4n) is 2.75. The van der Waals surface area contributed by atoms with E-state index >= 15 is 0 Å². The molecule has 0 radical (unpaired) electrons. The van der Waals surface area contributed by atoms with Gasteiger partial charge in [-0.25, -0.2) is 4.79 Å². The number of benzene rings is 2. The van der Waals surface area contributed by atoms with Crippen molar-refractivity contribution in [3.05, 3.63) is 65.2 Å². The average Bonchev–Trinajstić information content (AvgIpc) is 3.18. The monoisotopic (exact) mass is 364 g/mol. The summed E-state index contributed by atoms with van der Waals surface area (Å²) in [5.41, 5.74) is 2.86. The lowest BCUT2D eigenvalue weighted by Crippen LogP contribution is -2.22. The molecular formula is C21H20N2O4. The van der Waals surface area contributed by atoms with Crippen molar-refractivity contribution >= 4 is 23.7 Å². The van der Waals surface area contributed by atoms with E-state index in [1.54, 1.807) is 30.5 Å². The number of aliphatic imine (C=N–C) groups is 1. The summed E-state index contributed by atoms with van der Waals surface area (Å²) in [5, 5.41) is 12.3. The van der Waals surface area contributed by atoms with Crippen LogP contribution < -0.4 is 10.1 Å². The Morgan fingerprint density at radius 1 is 1.19 bits per heavy atom. The Morgan fingerprint density at radius 3 is 2.59 bits per heavy atom. The number of carboxylic acids is 1. The first kappa shape index (κ1) is 18.4. The summed E-state index contributed by atoms with van der Waals surface area (Å²) in [7, 11) is 0. The predicted molar refractivity (Wildman–Crippen MR) is 104 cm³/mol. The number of nitrogens with one attached hydrogen (secondary N) is 1. The van der Waals surface area contributed by atoms with Crippen molar-refractivity contribution in [2.24, 2.45) is 4.99 Å². The Morgan fingerprint density at radius 2 is 1.96 bits per heavy atom. The van der Waals surface area contributed by atoms with E-state index in [4.69, 9.17) is 4.74 Å². The Bertz CT molecular complexity index is 914. The molecule has 0 atom stereocenters. The van der Waals surface area contributed by atoms with Crippen molar-refractivity contribution in [1.29, 1.82) is 0 Å². The molecule has 6 nitrogen and oxygen atoms in total. The van der Waals surface area contributed by atoms with Crippen LogP contribution in [0.3, 0.4) is 0 Å². The van der Waals surface area contributed by atoms with Gasteiger partial charge in [0.1, 0.15) is 17.1 Å². The Hall–Kier alpha value is -3.41. The Balaban J connectivity index is 1.73. The molecule has 1 heterocycles. The molecule has 0 saturated heterocycles. The molecule has 3 rings (SSSR count). The lowest BCUT2D eigenvalue weighted by molar-refractivity contribution is -0.118. The second kappa shape index (κ2) is 8.31. The smallest absolute Gasteiger partial charge is 0.339 e. The number of hydrogen-bond donors (Lipinski definition) is 2. The van der Waals surface area contributed by atoms with Crippen LogP contribution in [0.2, 0.25) is 0 Å². The summed E-state index contributed by atoms with van der Waals surface area (Å²) >= 11 is 0. The number of carbonyl (C=O) groups excluding carboxylic acids is 1. The van der Waals surface area contributed by atoms with E-state index in [9.17, 15) is 14.7 Å². The van der Waals surface area contributed by atoms with Gasteiger partial charge in [0.25, 0.3) is 0 Å². The normalized spacial score (nSPS) is 12.6. The van der Waals surface area contributed by atoms with Gasteiger partial charge in [0.05, 0.1) is 6.54 Å². The van der Waals surface area contributed by atoms with E-state index in [0.717, 1.165) is 16.7 Å². The third-order valence-corrected chi connectivity index (χ3v) is 4.13. The first-order valence-electron chi connectivity index (χ1n) is 8.62. The summed E-state index contributed by atoms with van der Waals surface area (Å²) < 4.78 is 5.78. The second-order valence-corrected chi connectivity index (χ2v) is 6.15. The third kappa shape index (κ3) is 4.82. The van der Waals surface area contributed by atoms with Crippen LogP contribution in [0.4, 0.5) is 0 Å². The molecule has 1 amide bonds. The van der Waals surface area contributed by atoms with Gasteiger partial charge in [-0.05, 0) is 47.4 Å². The summed E-state index contributed by atoms with van der Waals surface area (Å²) in [6.45, 7) is 2.67. The number of ether oxygens (including phenoxy) is 1. The highest BCUT2D eigenvalue weighted by Crippen LogP contribution is 2.29. The number of carboxylic acid groups (broad SMARTS) is 1. The van der Waals surface area contributed by atoms with Crippen LogP contribution in [0.5, 0.6) is 11.5 Å². The van der Waals surface area contributed by atoms with E-state index in [0.29, 0.717) is 25.3 Å². The summed E-state index contributed by atoms with van der Waals surface area (Å²) in [6.07, 6.45) is 4.40. The molecule has 0 aromatic heterocycles. The molecule has 27 heavy (non-hydrogen) atoms. The maximum Gasteiger partial charge on any atom is 0.339 e. The quantitative estimate of drug-likeness (QED) is 0.789. The van der Waals surface area contributed by atoms with Crippen LogP contribution in [0.15, 0.2) is 53.5 Å². The van der Waals surface area contributed by atoms with Gasteiger partial charge in [0.2, 0.25) is 5.91 Å². The molecule has 1 aliphatic heterocycles. The Kier molecular flexibility index (Phi) is 5.66. The van der Waals surface area contributed by atoms with Crippen LogP contribution in [0.25, 0.3) is 5.57 Å². The molecule has 0 spiro atoms. The summed E-state index contributed by atoms with van der Waals surface area (Å²) in [5.74, 6) is -0.267. The number of carbonyl (C=O) groups is 2. The van der Waals surface area contributed by atoms with Crippen molar-refractivity contribution in [1.82, 2.24) is 5.32 Å². The van der Waals surface area contributed by atoms with E-state index in [1.165, 1.54) is 6.92 Å². The highest BCUT2D eigenvalue weighted by molar-refractivity contribution is 6.12. The molecule has 1 aliphatic rings.